The van der Waals surface area contributed by atoms with Gasteiger partial charge in [0.05, 0.1) is 17.5 Å². The monoisotopic (exact) mass is 616 g/mol. The maximum Gasteiger partial charge on any atom is 0.411 e. The highest BCUT2D eigenvalue weighted by molar-refractivity contribution is 5.91. The van der Waals surface area contributed by atoms with Gasteiger partial charge < -0.3 is 30.5 Å². The van der Waals surface area contributed by atoms with Crippen molar-refractivity contribution in [2.45, 2.75) is 70.0 Å². The minimum absolute atomic E-state index is 0.0265. The van der Waals surface area contributed by atoms with Gasteiger partial charge in [0.25, 0.3) is 0 Å². The van der Waals surface area contributed by atoms with E-state index in [1.807, 2.05) is 54.6 Å². The number of unbranched alkanes of at least 4 members (excludes halogenated alkanes) is 6. The van der Waals surface area contributed by atoms with Crippen molar-refractivity contribution in [3.05, 3.63) is 78.4 Å². The Balaban J connectivity index is 0.987. The van der Waals surface area contributed by atoms with Crippen LogP contribution in [0.1, 0.15) is 69.5 Å². The Morgan fingerprint density at radius 2 is 1.58 bits per heavy atom. The maximum atomic E-state index is 12.7. The van der Waals surface area contributed by atoms with Crippen LogP contribution >= 0.6 is 0 Å². The van der Waals surface area contributed by atoms with Gasteiger partial charge in [-0.1, -0.05) is 86.7 Å². The lowest BCUT2D eigenvalue weighted by molar-refractivity contribution is -0.105. The normalized spacial score (nSPS) is 14.5. The molecule has 0 aliphatic carbocycles. The fourth-order valence-electron chi connectivity index (χ4n) is 5.77. The lowest BCUT2D eigenvalue weighted by Crippen LogP contribution is -2.38. The lowest BCUT2D eigenvalue weighted by atomic mass is 10.0. The molecular weight excluding hydrogens is 568 g/mol. The third-order valence-electron chi connectivity index (χ3n) is 8.34. The SMILES string of the molecule is O=CNc1cc([C@H](O)CNCCCCCCCCCN2CCC(OC(=O)Nc3ccccc3-c3ccccc3)CC2)ccc1O. The standard InChI is InChI=1S/C36H48N4O5/c41-27-38-33-25-29(17-18-34(33)42)35(43)26-37-21-11-4-2-1-3-5-12-22-40-23-19-30(20-24-40)45-36(44)39-32-16-10-9-15-31(32)28-13-7-6-8-14-28/h6-10,13-18,25,27,30,35,37,42-43H,1-5,11-12,19-24,26H2,(H,38,41)(H,39,44)/t35-/m1/s1. The molecule has 1 fully saturated rings. The van der Waals surface area contributed by atoms with E-state index < -0.39 is 6.10 Å². The van der Waals surface area contributed by atoms with Crippen LogP contribution in [-0.4, -0.2) is 66.4 Å². The number of benzene rings is 3. The Hall–Kier alpha value is -3.92. The maximum absolute atomic E-state index is 12.7. The van der Waals surface area contributed by atoms with Gasteiger partial charge in [0.15, 0.2) is 0 Å². The molecule has 1 heterocycles. The average Bonchev–Trinajstić information content (AvgIpc) is 3.06. The van der Waals surface area contributed by atoms with Crippen LogP contribution in [0.3, 0.4) is 0 Å². The van der Waals surface area contributed by atoms with Crippen molar-refractivity contribution in [1.82, 2.24) is 10.2 Å². The number of phenolic OH excluding ortho intramolecular Hbond substituents is 1. The Labute approximate surface area is 267 Å². The first kappa shape index (κ1) is 34.0. The summed E-state index contributed by atoms with van der Waals surface area (Å²) in [6.45, 7) is 4.29. The smallest absolute Gasteiger partial charge is 0.411 e. The van der Waals surface area contributed by atoms with Crippen molar-refractivity contribution in [3.63, 3.8) is 0 Å². The molecule has 3 aromatic rings. The van der Waals surface area contributed by atoms with E-state index in [4.69, 9.17) is 4.74 Å². The first-order chi connectivity index (χ1) is 22.0. The van der Waals surface area contributed by atoms with Crippen LogP contribution in [0.5, 0.6) is 5.75 Å². The fourth-order valence-corrected chi connectivity index (χ4v) is 5.77. The second-order valence-corrected chi connectivity index (χ2v) is 11.7. The number of aromatic hydroxyl groups is 1. The number of para-hydroxylation sites is 1. The molecule has 0 unspecified atom stereocenters. The Morgan fingerprint density at radius 1 is 0.889 bits per heavy atom. The zero-order valence-electron chi connectivity index (χ0n) is 26.1. The topological polar surface area (TPSA) is 123 Å². The van der Waals surface area contributed by atoms with Crippen LogP contribution in [0.2, 0.25) is 0 Å². The number of piperidine rings is 1. The molecule has 9 nitrogen and oxygen atoms in total. The molecule has 0 radical (unpaired) electrons. The molecule has 2 amide bonds. The Kier molecular flexibility index (Phi) is 14.2. The largest absolute Gasteiger partial charge is 0.506 e. The molecule has 242 valence electrons. The predicted octanol–water partition coefficient (Wildman–Crippen LogP) is 6.69. The number of nitrogens with one attached hydrogen (secondary N) is 3. The quantitative estimate of drug-likeness (QED) is 0.0613. The summed E-state index contributed by atoms with van der Waals surface area (Å²) >= 11 is 0. The summed E-state index contributed by atoms with van der Waals surface area (Å²) in [6, 6.07) is 22.5. The zero-order chi connectivity index (χ0) is 31.7. The number of aliphatic hydroxyl groups excluding tert-OH is 1. The Bertz CT molecular complexity index is 1310. The molecule has 3 aromatic carbocycles. The summed E-state index contributed by atoms with van der Waals surface area (Å²) in [6.07, 6.45) is 9.45. The molecule has 4 rings (SSSR count). The number of rotatable bonds is 18. The van der Waals surface area contributed by atoms with E-state index in [9.17, 15) is 19.8 Å². The summed E-state index contributed by atoms with van der Waals surface area (Å²) in [5, 5.41) is 28.8. The third-order valence-corrected chi connectivity index (χ3v) is 8.34. The van der Waals surface area contributed by atoms with E-state index in [1.54, 1.807) is 12.1 Å². The van der Waals surface area contributed by atoms with Gasteiger partial charge in [-0.25, -0.2) is 4.79 Å². The highest BCUT2D eigenvalue weighted by Gasteiger charge is 2.22. The molecular formula is C36H48N4O5. The van der Waals surface area contributed by atoms with E-state index >= 15 is 0 Å². The number of amides is 2. The minimum atomic E-state index is -0.705. The number of aliphatic hydroxyl groups is 1. The Morgan fingerprint density at radius 3 is 2.33 bits per heavy atom. The number of hydrogen-bond donors (Lipinski definition) is 5. The molecule has 0 saturated carbocycles. The first-order valence-corrected chi connectivity index (χ1v) is 16.3. The van der Waals surface area contributed by atoms with Crippen molar-refractivity contribution >= 4 is 23.9 Å². The molecule has 0 aromatic heterocycles. The highest BCUT2D eigenvalue weighted by atomic mass is 16.6. The molecule has 1 saturated heterocycles. The third kappa shape index (κ3) is 11.5. The minimum Gasteiger partial charge on any atom is -0.506 e. The lowest BCUT2D eigenvalue weighted by Gasteiger charge is -2.31. The van der Waals surface area contributed by atoms with Crippen molar-refractivity contribution in [1.29, 1.82) is 0 Å². The van der Waals surface area contributed by atoms with Crippen LogP contribution in [0.4, 0.5) is 16.2 Å². The predicted molar refractivity (Wildman–Crippen MR) is 179 cm³/mol. The van der Waals surface area contributed by atoms with E-state index in [0.29, 0.717) is 24.2 Å². The average molecular weight is 617 g/mol. The number of nitrogens with zero attached hydrogens (tertiary/aromatic N) is 1. The second-order valence-electron chi connectivity index (χ2n) is 11.7. The van der Waals surface area contributed by atoms with Gasteiger partial charge >= 0.3 is 6.09 Å². The summed E-state index contributed by atoms with van der Waals surface area (Å²) in [5.41, 5.74) is 3.73. The molecule has 0 bridgehead atoms. The summed E-state index contributed by atoms with van der Waals surface area (Å²) < 4.78 is 5.77. The van der Waals surface area contributed by atoms with Crippen LogP contribution in [-0.2, 0) is 9.53 Å². The summed E-state index contributed by atoms with van der Waals surface area (Å²) in [4.78, 5) is 25.8. The van der Waals surface area contributed by atoms with Crippen molar-refractivity contribution < 1.29 is 24.5 Å². The number of anilines is 2. The number of hydrogen-bond acceptors (Lipinski definition) is 7. The first-order valence-electron chi connectivity index (χ1n) is 16.3. The molecule has 1 aliphatic heterocycles. The van der Waals surface area contributed by atoms with Crippen LogP contribution < -0.4 is 16.0 Å². The highest BCUT2D eigenvalue weighted by Crippen LogP contribution is 2.28. The molecule has 9 heteroatoms. The van der Waals surface area contributed by atoms with Crippen molar-refractivity contribution in [2.75, 3.05) is 43.4 Å². The van der Waals surface area contributed by atoms with Crippen LogP contribution in [0.25, 0.3) is 11.1 Å². The molecule has 1 atom stereocenters. The molecule has 5 N–H and O–H groups in total. The van der Waals surface area contributed by atoms with Gasteiger partial charge in [-0.15, -0.1) is 0 Å². The van der Waals surface area contributed by atoms with E-state index in [2.05, 4.69) is 20.9 Å². The van der Waals surface area contributed by atoms with Crippen molar-refractivity contribution in [3.8, 4) is 16.9 Å². The summed E-state index contributed by atoms with van der Waals surface area (Å²) in [7, 11) is 0. The van der Waals surface area contributed by atoms with Crippen LogP contribution in [0, 0.1) is 0 Å². The number of phenols is 1. The molecule has 1 aliphatic rings. The number of likely N-dealkylation sites (tertiary alicyclic amines) is 1. The number of carbonyl (C=O) groups is 2. The number of ether oxygens (including phenoxy) is 1. The van der Waals surface area contributed by atoms with Gasteiger partial charge in [0, 0.05) is 25.2 Å². The van der Waals surface area contributed by atoms with Gasteiger partial charge in [-0.2, -0.15) is 0 Å². The fraction of sp³-hybridized carbons (Fsp3) is 0.444. The number of carbonyl (C=O) groups excluding carboxylic acids is 2. The van der Waals surface area contributed by atoms with Crippen molar-refractivity contribution in [2.24, 2.45) is 0 Å². The van der Waals surface area contributed by atoms with Gasteiger partial charge in [0.1, 0.15) is 11.9 Å². The second kappa shape index (κ2) is 18.8. The van der Waals surface area contributed by atoms with E-state index in [1.165, 1.54) is 38.2 Å². The van der Waals surface area contributed by atoms with Gasteiger partial charge in [0.2, 0.25) is 6.41 Å². The molecule has 45 heavy (non-hydrogen) atoms. The summed E-state index contributed by atoms with van der Waals surface area (Å²) in [5.74, 6) is -0.0265. The molecule has 0 spiro atoms. The van der Waals surface area contributed by atoms with E-state index in [-0.39, 0.29) is 17.9 Å². The van der Waals surface area contributed by atoms with Crippen LogP contribution in [0.15, 0.2) is 72.8 Å². The van der Waals surface area contributed by atoms with E-state index in [0.717, 1.165) is 68.7 Å². The van der Waals surface area contributed by atoms with Gasteiger partial charge in [-0.05, 0) is 68.1 Å². The zero-order valence-corrected chi connectivity index (χ0v) is 26.1. The van der Waals surface area contributed by atoms with Gasteiger partial charge in [-0.3, -0.25) is 10.1 Å².